The van der Waals surface area contributed by atoms with Gasteiger partial charge in [0.05, 0.1) is 0 Å². The maximum Gasteiger partial charge on any atom is 0.181 e. The molecule has 19 heavy (non-hydrogen) atoms. The second kappa shape index (κ2) is 5.20. The number of oxazole rings is 1. The Kier molecular flexibility index (Phi) is 3.25. The quantitative estimate of drug-likeness (QED) is 0.776. The van der Waals surface area contributed by atoms with E-state index in [1.54, 1.807) is 6.20 Å². The topological polar surface area (TPSA) is 51.0 Å². The summed E-state index contributed by atoms with van der Waals surface area (Å²) in [7, 11) is 1.95. The van der Waals surface area contributed by atoms with Crippen molar-refractivity contribution in [3.8, 4) is 0 Å². The summed E-state index contributed by atoms with van der Waals surface area (Å²) in [6.45, 7) is 0.853. The number of benzene rings is 1. The molecule has 0 aliphatic carbocycles. The van der Waals surface area contributed by atoms with Gasteiger partial charge in [0.25, 0.3) is 0 Å². The highest BCUT2D eigenvalue weighted by Crippen LogP contribution is 2.26. The molecule has 4 nitrogen and oxygen atoms in total. The SMILES string of the molecule is CNCC(c1cccnc1)c1ccc2ncoc2c1. The Morgan fingerprint density at radius 3 is 3.00 bits per heavy atom. The molecule has 1 unspecified atom stereocenters. The highest BCUT2D eigenvalue weighted by molar-refractivity contribution is 5.73. The molecule has 0 aliphatic heterocycles. The first-order chi connectivity index (χ1) is 9.38. The van der Waals surface area contributed by atoms with Crippen LogP contribution in [-0.2, 0) is 0 Å². The average molecular weight is 253 g/mol. The predicted octanol–water partition coefficient (Wildman–Crippen LogP) is 2.57. The molecular weight excluding hydrogens is 238 g/mol. The Morgan fingerprint density at radius 2 is 2.21 bits per heavy atom. The molecule has 0 spiro atoms. The molecule has 3 aromatic rings. The molecule has 0 fully saturated rings. The van der Waals surface area contributed by atoms with Gasteiger partial charge in [0.1, 0.15) is 5.52 Å². The Bertz CT molecular complexity index is 663. The summed E-state index contributed by atoms with van der Waals surface area (Å²) < 4.78 is 5.38. The van der Waals surface area contributed by atoms with Gasteiger partial charge in [-0.2, -0.15) is 0 Å². The minimum Gasteiger partial charge on any atom is -0.443 e. The van der Waals surface area contributed by atoms with Crippen molar-refractivity contribution in [2.75, 3.05) is 13.6 Å². The van der Waals surface area contributed by atoms with Crippen LogP contribution in [0.1, 0.15) is 17.0 Å². The summed E-state index contributed by atoms with van der Waals surface area (Å²) in [5.74, 6) is 0.258. The van der Waals surface area contributed by atoms with Gasteiger partial charge in [0.2, 0.25) is 0 Å². The summed E-state index contributed by atoms with van der Waals surface area (Å²) >= 11 is 0. The molecule has 0 radical (unpaired) electrons. The third-order valence-corrected chi connectivity index (χ3v) is 3.25. The number of aromatic nitrogens is 2. The molecular formula is C15H15N3O. The molecule has 0 amide bonds. The molecule has 4 heteroatoms. The molecule has 0 saturated heterocycles. The van der Waals surface area contributed by atoms with Crippen LogP contribution in [0.15, 0.2) is 53.5 Å². The summed E-state index contributed by atoms with van der Waals surface area (Å²) in [4.78, 5) is 8.35. The lowest BCUT2D eigenvalue weighted by Gasteiger charge is -2.17. The van der Waals surface area contributed by atoms with Gasteiger partial charge >= 0.3 is 0 Å². The average Bonchev–Trinajstić information content (AvgIpc) is 2.93. The zero-order valence-electron chi connectivity index (χ0n) is 10.7. The first-order valence-electron chi connectivity index (χ1n) is 6.26. The molecule has 0 aliphatic rings. The predicted molar refractivity (Wildman–Crippen MR) is 74.0 cm³/mol. The Hall–Kier alpha value is -2.20. The molecule has 0 saturated carbocycles. The zero-order chi connectivity index (χ0) is 13.1. The van der Waals surface area contributed by atoms with Crippen molar-refractivity contribution in [2.45, 2.75) is 5.92 Å². The number of rotatable bonds is 4. The fourth-order valence-corrected chi connectivity index (χ4v) is 2.30. The second-order valence-corrected chi connectivity index (χ2v) is 4.48. The number of hydrogen-bond acceptors (Lipinski definition) is 4. The Morgan fingerprint density at radius 1 is 1.26 bits per heavy atom. The summed E-state index contributed by atoms with van der Waals surface area (Å²) in [6.07, 6.45) is 5.18. The van der Waals surface area contributed by atoms with Crippen molar-refractivity contribution in [3.05, 3.63) is 60.2 Å². The van der Waals surface area contributed by atoms with E-state index in [4.69, 9.17) is 4.42 Å². The Labute approximate surface area is 111 Å². The van der Waals surface area contributed by atoms with Gasteiger partial charge in [0.15, 0.2) is 12.0 Å². The molecule has 1 N–H and O–H groups in total. The van der Waals surface area contributed by atoms with Gasteiger partial charge in [-0.05, 0) is 36.4 Å². The number of hydrogen-bond donors (Lipinski definition) is 1. The van der Waals surface area contributed by atoms with E-state index in [0.29, 0.717) is 0 Å². The van der Waals surface area contributed by atoms with Crippen molar-refractivity contribution in [1.82, 2.24) is 15.3 Å². The van der Waals surface area contributed by atoms with Crippen molar-refractivity contribution in [1.29, 1.82) is 0 Å². The lowest BCUT2D eigenvalue weighted by atomic mass is 9.92. The standard InChI is InChI=1S/C15H15N3O/c1-16-9-13(12-3-2-6-17-8-12)11-4-5-14-15(7-11)19-10-18-14/h2-8,10,13,16H,9H2,1H3. The van der Waals surface area contributed by atoms with Gasteiger partial charge in [-0.1, -0.05) is 12.1 Å². The lowest BCUT2D eigenvalue weighted by molar-refractivity contribution is 0.601. The van der Waals surface area contributed by atoms with E-state index in [-0.39, 0.29) is 5.92 Å². The minimum absolute atomic E-state index is 0.258. The van der Waals surface area contributed by atoms with E-state index in [0.717, 1.165) is 17.6 Å². The third kappa shape index (κ3) is 2.35. The lowest BCUT2D eigenvalue weighted by Crippen LogP contribution is -2.18. The van der Waals surface area contributed by atoms with Gasteiger partial charge in [-0.3, -0.25) is 4.98 Å². The molecule has 3 rings (SSSR count). The maximum absolute atomic E-state index is 5.38. The van der Waals surface area contributed by atoms with Crippen molar-refractivity contribution in [3.63, 3.8) is 0 Å². The van der Waals surface area contributed by atoms with E-state index in [9.17, 15) is 0 Å². The number of likely N-dealkylation sites (N-methyl/N-ethyl adjacent to an activating group) is 1. The second-order valence-electron chi connectivity index (χ2n) is 4.48. The summed E-state index contributed by atoms with van der Waals surface area (Å²) in [5, 5.41) is 3.23. The number of nitrogens with zero attached hydrogens (tertiary/aromatic N) is 2. The van der Waals surface area contributed by atoms with Crippen molar-refractivity contribution in [2.24, 2.45) is 0 Å². The van der Waals surface area contributed by atoms with Crippen LogP contribution in [0.25, 0.3) is 11.1 Å². The van der Waals surface area contributed by atoms with E-state index in [1.165, 1.54) is 17.5 Å². The third-order valence-electron chi connectivity index (χ3n) is 3.25. The van der Waals surface area contributed by atoms with E-state index in [1.807, 2.05) is 25.4 Å². The van der Waals surface area contributed by atoms with Gasteiger partial charge < -0.3 is 9.73 Å². The fourth-order valence-electron chi connectivity index (χ4n) is 2.30. The van der Waals surface area contributed by atoms with Crippen LogP contribution in [0.5, 0.6) is 0 Å². The van der Waals surface area contributed by atoms with Gasteiger partial charge in [-0.25, -0.2) is 4.98 Å². The maximum atomic E-state index is 5.38. The number of fused-ring (bicyclic) bond motifs is 1. The number of nitrogens with one attached hydrogen (secondary N) is 1. The monoisotopic (exact) mass is 253 g/mol. The molecule has 1 aromatic carbocycles. The van der Waals surface area contributed by atoms with Crippen molar-refractivity contribution >= 4 is 11.1 Å². The fraction of sp³-hybridized carbons (Fsp3) is 0.200. The van der Waals surface area contributed by atoms with Crippen LogP contribution >= 0.6 is 0 Å². The van der Waals surface area contributed by atoms with E-state index < -0.39 is 0 Å². The van der Waals surface area contributed by atoms with Crippen molar-refractivity contribution < 1.29 is 4.42 Å². The first-order valence-corrected chi connectivity index (χ1v) is 6.26. The van der Waals surface area contributed by atoms with Crippen LogP contribution < -0.4 is 5.32 Å². The van der Waals surface area contributed by atoms with E-state index in [2.05, 4.69) is 33.5 Å². The largest absolute Gasteiger partial charge is 0.443 e. The van der Waals surface area contributed by atoms with Crippen LogP contribution in [0.4, 0.5) is 0 Å². The molecule has 1 atom stereocenters. The van der Waals surface area contributed by atoms with E-state index >= 15 is 0 Å². The normalized spacial score (nSPS) is 12.7. The molecule has 2 aromatic heterocycles. The van der Waals surface area contributed by atoms with Crippen LogP contribution in [0, 0.1) is 0 Å². The van der Waals surface area contributed by atoms with Gasteiger partial charge in [-0.15, -0.1) is 0 Å². The van der Waals surface area contributed by atoms with Gasteiger partial charge in [0, 0.05) is 24.9 Å². The molecule has 96 valence electrons. The van der Waals surface area contributed by atoms with Crippen LogP contribution in [0.3, 0.4) is 0 Å². The van der Waals surface area contributed by atoms with Crippen LogP contribution in [-0.4, -0.2) is 23.6 Å². The molecule has 2 heterocycles. The highest BCUT2D eigenvalue weighted by Gasteiger charge is 2.14. The molecule has 0 bridgehead atoms. The minimum atomic E-state index is 0.258. The van der Waals surface area contributed by atoms with Crippen LogP contribution in [0.2, 0.25) is 0 Å². The smallest absolute Gasteiger partial charge is 0.181 e. The zero-order valence-corrected chi connectivity index (χ0v) is 10.7. The first kappa shape index (κ1) is 11.9. The highest BCUT2D eigenvalue weighted by atomic mass is 16.3. The summed E-state index contributed by atoms with van der Waals surface area (Å²) in [5.41, 5.74) is 4.10. The Balaban J connectivity index is 2.03. The summed E-state index contributed by atoms with van der Waals surface area (Å²) in [6, 6.07) is 10.2. The number of pyridine rings is 1.